The van der Waals surface area contributed by atoms with Gasteiger partial charge in [0.15, 0.2) is 5.17 Å². The molecule has 134 valence electrons. The van der Waals surface area contributed by atoms with Gasteiger partial charge in [0.05, 0.1) is 5.56 Å². The molecule has 1 saturated heterocycles. The lowest BCUT2D eigenvalue weighted by atomic mass is 10.1. The van der Waals surface area contributed by atoms with Gasteiger partial charge < -0.3 is 14.8 Å². The molecule has 0 aromatic heterocycles. The minimum Gasteiger partial charge on any atom is -0.392 e. The van der Waals surface area contributed by atoms with Crippen molar-refractivity contribution < 1.29 is 23.1 Å². The van der Waals surface area contributed by atoms with Crippen molar-refractivity contribution in [1.82, 2.24) is 4.90 Å². The van der Waals surface area contributed by atoms with E-state index in [9.17, 15) is 18.3 Å². The summed E-state index contributed by atoms with van der Waals surface area (Å²) in [5.41, 5.74) is -1.13. The lowest BCUT2D eigenvalue weighted by Gasteiger charge is -2.27. The van der Waals surface area contributed by atoms with Crippen molar-refractivity contribution in [2.24, 2.45) is 5.16 Å². The average molecular weight is 365 g/mol. The SMILES string of the molecule is OC(CON=C(Cl)c1ccccc1C(F)(F)F)CN1CCCCC1. The first-order valence-electron chi connectivity index (χ1n) is 7.80. The number of oxime groups is 1. The van der Waals surface area contributed by atoms with E-state index in [0.717, 1.165) is 32.0 Å². The maximum atomic E-state index is 12.9. The van der Waals surface area contributed by atoms with Gasteiger partial charge >= 0.3 is 6.18 Å². The van der Waals surface area contributed by atoms with Gasteiger partial charge in [-0.15, -0.1) is 0 Å². The van der Waals surface area contributed by atoms with Crippen LogP contribution >= 0.6 is 11.6 Å². The molecule has 0 spiro atoms. The topological polar surface area (TPSA) is 45.1 Å². The molecule has 0 aliphatic carbocycles. The van der Waals surface area contributed by atoms with Crippen LogP contribution in [0.15, 0.2) is 29.4 Å². The van der Waals surface area contributed by atoms with E-state index < -0.39 is 23.0 Å². The zero-order valence-electron chi connectivity index (χ0n) is 13.1. The Morgan fingerprint density at radius 3 is 2.58 bits per heavy atom. The van der Waals surface area contributed by atoms with Crippen molar-refractivity contribution in [2.75, 3.05) is 26.2 Å². The number of benzene rings is 1. The highest BCUT2D eigenvalue weighted by molar-refractivity contribution is 6.69. The molecule has 1 unspecified atom stereocenters. The van der Waals surface area contributed by atoms with Crippen LogP contribution in [0.4, 0.5) is 13.2 Å². The van der Waals surface area contributed by atoms with Crippen molar-refractivity contribution in [3.05, 3.63) is 35.4 Å². The van der Waals surface area contributed by atoms with Gasteiger partial charge in [-0.25, -0.2) is 0 Å². The van der Waals surface area contributed by atoms with Gasteiger partial charge in [-0.1, -0.05) is 41.4 Å². The fraction of sp³-hybridized carbons (Fsp3) is 0.562. The smallest absolute Gasteiger partial charge is 0.392 e. The largest absolute Gasteiger partial charge is 0.417 e. The monoisotopic (exact) mass is 364 g/mol. The van der Waals surface area contributed by atoms with E-state index in [2.05, 4.69) is 10.1 Å². The van der Waals surface area contributed by atoms with Gasteiger partial charge in [-0.2, -0.15) is 13.2 Å². The second-order valence-corrected chi connectivity index (χ2v) is 6.09. The van der Waals surface area contributed by atoms with E-state index in [1.54, 1.807) is 0 Å². The van der Waals surface area contributed by atoms with E-state index in [4.69, 9.17) is 16.4 Å². The summed E-state index contributed by atoms with van der Waals surface area (Å²) in [7, 11) is 0. The molecule has 0 saturated carbocycles. The van der Waals surface area contributed by atoms with Crippen LogP contribution in [0.2, 0.25) is 0 Å². The second-order valence-electron chi connectivity index (χ2n) is 5.74. The molecular weight excluding hydrogens is 345 g/mol. The molecule has 1 aliphatic heterocycles. The van der Waals surface area contributed by atoms with Crippen LogP contribution in [0.3, 0.4) is 0 Å². The third kappa shape index (κ3) is 5.65. The van der Waals surface area contributed by atoms with E-state index in [1.165, 1.54) is 24.6 Å². The molecule has 1 aliphatic rings. The summed E-state index contributed by atoms with van der Waals surface area (Å²) >= 11 is 5.83. The quantitative estimate of drug-likeness (QED) is 0.621. The number of hydrogen-bond acceptors (Lipinski definition) is 4. The van der Waals surface area contributed by atoms with Crippen molar-refractivity contribution in [3.63, 3.8) is 0 Å². The fourth-order valence-corrected chi connectivity index (χ4v) is 2.85. The van der Waals surface area contributed by atoms with Crippen molar-refractivity contribution in [1.29, 1.82) is 0 Å². The first-order chi connectivity index (χ1) is 11.4. The normalized spacial score (nSPS) is 18.5. The van der Waals surface area contributed by atoms with Gasteiger partial charge in [0.2, 0.25) is 0 Å². The predicted octanol–water partition coefficient (Wildman–Crippen LogP) is 3.47. The molecular formula is C16H20ClF3N2O2. The highest BCUT2D eigenvalue weighted by Crippen LogP contribution is 2.32. The van der Waals surface area contributed by atoms with Crippen molar-refractivity contribution in [3.8, 4) is 0 Å². The molecule has 1 aromatic rings. The molecule has 0 radical (unpaired) electrons. The van der Waals surface area contributed by atoms with Crippen LogP contribution in [0.5, 0.6) is 0 Å². The van der Waals surface area contributed by atoms with Crippen LogP contribution in [-0.4, -0.2) is 47.5 Å². The Morgan fingerprint density at radius 2 is 1.92 bits per heavy atom. The maximum absolute atomic E-state index is 12.9. The van der Waals surface area contributed by atoms with Gasteiger partial charge in [0.25, 0.3) is 0 Å². The summed E-state index contributed by atoms with van der Waals surface area (Å²) in [6.07, 6.45) is -1.90. The number of rotatable bonds is 6. The first-order valence-corrected chi connectivity index (χ1v) is 8.18. The summed E-state index contributed by atoms with van der Waals surface area (Å²) < 4.78 is 38.8. The number of β-amino-alcohol motifs (C(OH)–C–C–N with tert-alkyl or cyclic N) is 1. The highest BCUT2D eigenvalue weighted by atomic mass is 35.5. The second kappa shape index (κ2) is 8.69. The number of hydrogen-bond donors (Lipinski definition) is 1. The summed E-state index contributed by atoms with van der Waals surface area (Å²) in [6.45, 7) is 2.19. The highest BCUT2D eigenvalue weighted by Gasteiger charge is 2.34. The van der Waals surface area contributed by atoms with Crippen LogP contribution in [0, 0.1) is 0 Å². The molecule has 1 atom stereocenters. The number of aliphatic hydroxyl groups excluding tert-OH is 1. The molecule has 1 fully saturated rings. The van der Waals surface area contributed by atoms with Gasteiger partial charge in [0, 0.05) is 12.1 Å². The lowest BCUT2D eigenvalue weighted by molar-refractivity contribution is -0.137. The lowest BCUT2D eigenvalue weighted by Crippen LogP contribution is -2.38. The molecule has 0 amide bonds. The number of alkyl halides is 3. The zero-order valence-corrected chi connectivity index (χ0v) is 13.9. The number of nitrogens with zero attached hydrogens (tertiary/aromatic N) is 2. The fourth-order valence-electron chi connectivity index (χ4n) is 2.63. The standard InChI is InChI=1S/C16H20ClF3N2O2/c17-15(13-6-2-3-7-14(13)16(18,19)20)21-24-11-12(23)10-22-8-4-1-5-9-22/h2-3,6-7,12,23H,1,4-5,8-11H2. The van der Waals surface area contributed by atoms with Crippen molar-refractivity contribution in [2.45, 2.75) is 31.5 Å². The van der Waals surface area contributed by atoms with Crippen LogP contribution < -0.4 is 0 Å². The third-order valence-electron chi connectivity index (χ3n) is 3.78. The molecule has 2 rings (SSSR count). The number of halogens is 4. The minimum absolute atomic E-state index is 0.124. The summed E-state index contributed by atoms with van der Waals surface area (Å²) in [5, 5.41) is 13.0. The summed E-state index contributed by atoms with van der Waals surface area (Å²) in [4.78, 5) is 7.06. The summed E-state index contributed by atoms with van der Waals surface area (Å²) in [6, 6.07) is 4.87. The Balaban J connectivity index is 1.90. The van der Waals surface area contributed by atoms with Gasteiger partial charge in [0.1, 0.15) is 12.7 Å². The number of aliphatic hydroxyl groups is 1. The maximum Gasteiger partial charge on any atom is 0.417 e. The van der Waals surface area contributed by atoms with E-state index in [0.29, 0.717) is 6.54 Å². The van der Waals surface area contributed by atoms with Gasteiger partial charge in [-0.05, 0) is 32.0 Å². The Labute approximate surface area is 143 Å². The third-order valence-corrected chi connectivity index (χ3v) is 4.06. The summed E-state index contributed by atoms with van der Waals surface area (Å²) in [5.74, 6) is 0. The molecule has 1 heterocycles. The molecule has 24 heavy (non-hydrogen) atoms. The zero-order chi connectivity index (χ0) is 17.6. The average Bonchev–Trinajstić information content (AvgIpc) is 2.55. The minimum atomic E-state index is -4.53. The number of likely N-dealkylation sites (tertiary alicyclic amines) is 1. The molecule has 0 bridgehead atoms. The Morgan fingerprint density at radius 1 is 1.25 bits per heavy atom. The first kappa shape index (κ1) is 19.0. The van der Waals surface area contributed by atoms with E-state index in [1.807, 2.05) is 0 Å². The van der Waals surface area contributed by atoms with E-state index in [-0.39, 0.29) is 12.2 Å². The Kier molecular flexibility index (Phi) is 6.89. The van der Waals surface area contributed by atoms with Crippen LogP contribution in [0.1, 0.15) is 30.4 Å². The predicted molar refractivity (Wildman–Crippen MR) is 86.1 cm³/mol. The van der Waals surface area contributed by atoms with Crippen LogP contribution in [-0.2, 0) is 11.0 Å². The molecule has 8 heteroatoms. The molecule has 1 aromatic carbocycles. The molecule has 4 nitrogen and oxygen atoms in total. The van der Waals surface area contributed by atoms with Gasteiger partial charge in [-0.3, -0.25) is 0 Å². The number of piperidine rings is 1. The van der Waals surface area contributed by atoms with Crippen molar-refractivity contribution >= 4 is 16.8 Å². The Hall–Kier alpha value is -1.31. The molecule has 1 N–H and O–H groups in total. The van der Waals surface area contributed by atoms with E-state index >= 15 is 0 Å². The van der Waals surface area contributed by atoms with Crippen LogP contribution in [0.25, 0.3) is 0 Å². The Bertz CT molecular complexity index is 560.